The van der Waals surface area contributed by atoms with Gasteiger partial charge in [0.1, 0.15) is 0 Å². The van der Waals surface area contributed by atoms with Crippen LogP contribution in [0.5, 0.6) is 0 Å². The van der Waals surface area contributed by atoms with Crippen molar-refractivity contribution >= 4 is 9.84 Å². The summed E-state index contributed by atoms with van der Waals surface area (Å²) in [6.07, 6.45) is 1.65. The summed E-state index contributed by atoms with van der Waals surface area (Å²) in [5, 5.41) is 0. The van der Waals surface area contributed by atoms with Crippen LogP contribution in [0.15, 0.2) is 24.3 Å². The van der Waals surface area contributed by atoms with Gasteiger partial charge in [0.25, 0.3) is 0 Å². The van der Waals surface area contributed by atoms with Crippen LogP contribution in [0.4, 0.5) is 0 Å². The molecule has 5 heteroatoms. The smallest absolute Gasteiger partial charge is 0.151 e. The topological polar surface area (TPSA) is 63.4 Å². The standard InChI is InChI=1S/C14H22N2O2S/c1-16(14-7-9-19(17,18)11-14)10-13-4-2-12(3-5-13)6-8-15/h2-5,14H,6-11,15H2,1H3. The van der Waals surface area contributed by atoms with Crippen LogP contribution in [0.3, 0.4) is 0 Å². The molecule has 0 aromatic heterocycles. The van der Waals surface area contributed by atoms with E-state index in [1.54, 1.807) is 0 Å². The molecule has 0 spiro atoms. The lowest BCUT2D eigenvalue weighted by atomic mass is 10.1. The predicted octanol–water partition coefficient (Wildman–Crippen LogP) is 0.807. The Kier molecular flexibility index (Phi) is 4.60. The minimum absolute atomic E-state index is 0.161. The van der Waals surface area contributed by atoms with Gasteiger partial charge in [0.2, 0.25) is 0 Å². The van der Waals surface area contributed by atoms with Crippen LogP contribution in [0.25, 0.3) is 0 Å². The molecule has 1 fully saturated rings. The number of benzene rings is 1. The molecule has 19 heavy (non-hydrogen) atoms. The molecule has 0 saturated carbocycles. The van der Waals surface area contributed by atoms with Crippen molar-refractivity contribution in [3.05, 3.63) is 35.4 Å². The van der Waals surface area contributed by atoms with E-state index in [0.717, 1.165) is 19.4 Å². The Bertz CT molecular complexity index is 511. The van der Waals surface area contributed by atoms with Crippen molar-refractivity contribution in [1.29, 1.82) is 0 Å². The average molecular weight is 282 g/mol. The van der Waals surface area contributed by atoms with Crippen LogP contribution in [0.2, 0.25) is 0 Å². The summed E-state index contributed by atoms with van der Waals surface area (Å²) in [7, 11) is -0.803. The molecule has 4 nitrogen and oxygen atoms in total. The summed E-state index contributed by atoms with van der Waals surface area (Å²) < 4.78 is 23.0. The van der Waals surface area contributed by atoms with Gasteiger partial charge in [-0.25, -0.2) is 8.42 Å². The van der Waals surface area contributed by atoms with Crippen molar-refractivity contribution in [3.63, 3.8) is 0 Å². The Labute approximate surface area is 115 Å². The predicted molar refractivity (Wildman–Crippen MR) is 77.7 cm³/mol. The molecule has 1 atom stereocenters. The maximum atomic E-state index is 11.5. The van der Waals surface area contributed by atoms with Crippen LogP contribution in [-0.4, -0.2) is 44.5 Å². The van der Waals surface area contributed by atoms with Gasteiger partial charge in [-0.3, -0.25) is 4.90 Å². The molecular weight excluding hydrogens is 260 g/mol. The second-order valence-electron chi connectivity index (χ2n) is 5.33. The van der Waals surface area contributed by atoms with Crippen LogP contribution in [0, 0.1) is 0 Å². The largest absolute Gasteiger partial charge is 0.330 e. The van der Waals surface area contributed by atoms with Crippen molar-refractivity contribution < 1.29 is 8.42 Å². The number of hydrogen-bond donors (Lipinski definition) is 1. The van der Waals surface area contributed by atoms with Gasteiger partial charge in [0.15, 0.2) is 9.84 Å². The van der Waals surface area contributed by atoms with Gasteiger partial charge in [-0.1, -0.05) is 24.3 Å². The molecule has 0 aliphatic carbocycles. The van der Waals surface area contributed by atoms with E-state index in [1.165, 1.54) is 11.1 Å². The number of hydrogen-bond acceptors (Lipinski definition) is 4. The molecule has 1 saturated heterocycles. The fraction of sp³-hybridized carbons (Fsp3) is 0.571. The van der Waals surface area contributed by atoms with E-state index in [2.05, 4.69) is 29.2 Å². The lowest BCUT2D eigenvalue weighted by Crippen LogP contribution is -2.32. The molecule has 0 radical (unpaired) electrons. The number of sulfone groups is 1. The van der Waals surface area contributed by atoms with Crippen molar-refractivity contribution in [3.8, 4) is 0 Å². The van der Waals surface area contributed by atoms with Gasteiger partial charge < -0.3 is 5.73 Å². The van der Waals surface area contributed by atoms with E-state index in [4.69, 9.17) is 5.73 Å². The first-order valence-electron chi connectivity index (χ1n) is 6.69. The van der Waals surface area contributed by atoms with Crippen LogP contribution < -0.4 is 5.73 Å². The van der Waals surface area contributed by atoms with Crippen LogP contribution in [-0.2, 0) is 22.8 Å². The Morgan fingerprint density at radius 3 is 2.42 bits per heavy atom. The fourth-order valence-corrected chi connectivity index (χ4v) is 4.32. The molecule has 1 aromatic carbocycles. The van der Waals surface area contributed by atoms with Crippen LogP contribution >= 0.6 is 0 Å². The third kappa shape index (κ3) is 4.03. The van der Waals surface area contributed by atoms with E-state index in [-0.39, 0.29) is 6.04 Å². The zero-order valence-electron chi connectivity index (χ0n) is 11.4. The fourth-order valence-electron chi connectivity index (χ4n) is 2.52. The highest BCUT2D eigenvalue weighted by molar-refractivity contribution is 7.91. The molecule has 106 valence electrons. The van der Waals surface area contributed by atoms with Crippen molar-refractivity contribution in [2.45, 2.75) is 25.4 Å². The van der Waals surface area contributed by atoms with E-state index in [1.807, 2.05) is 7.05 Å². The summed E-state index contributed by atoms with van der Waals surface area (Å²) in [6.45, 7) is 1.46. The van der Waals surface area contributed by atoms with E-state index in [9.17, 15) is 8.42 Å². The third-order valence-electron chi connectivity index (χ3n) is 3.72. The molecule has 0 amide bonds. The maximum absolute atomic E-state index is 11.5. The van der Waals surface area contributed by atoms with Crippen molar-refractivity contribution in [2.24, 2.45) is 5.73 Å². The highest BCUT2D eigenvalue weighted by Gasteiger charge is 2.30. The molecule has 1 heterocycles. The highest BCUT2D eigenvalue weighted by Crippen LogP contribution is 2.18. The average Bonchev–Trinajstić information content (AvgIpc) is 2.73. The van der Waals surface area contributed by atoms with E-state index < -0.39 is 9.84 Å². The molecule has 2 rings (SSSR count). The lowest BCUT2D eigenvalue weighted by Gasteiger charge is -2.23. The van der Waals surface area contributed by atoms with Crippen molar-refractivity contribution in [1.82, 2.24) is 4.90 Å². The second-order valence-corrected chi connectivity index (χ2v) is 7.56. The zero-order valence-corrected chi connectivity index (χ0v) is 12.2. The molecule has 0 bridgehead atoms. The van der Waals surface area contributed by atoms with Crippen molar-refractivity contribution in [2.75, 3.05) is 25.1 Å². The van der Waals surface area contributed by atoms with Gasteiger partial charge in [-0.05, 0) is 37.6 Å². The molecule has 1 aliphatic rings. The minimum Gasteiger partial charge on any atom is -0.330 e. The second kappa shape index (κ2) is 6.03. The summed E-state index contributed by atoms with van der Waals surface area (Å²) in [6, 6.07) is 8.56. The summed E-state index contributed by atoms with van der Waals surface area (Å²) >= 11 is 0. The summed E-state index contributed by atoms with van der Waals surface area (Å²) in [4.78, 5) is 2.14. The first-order chi connectivity index (χ1) is 9.00. The zero-order chi connectivity index (χ0) is 13.9. The van der Waals surface area contributed by atoms with E-state index >= 15 is 0 Å². The first kappa shape index (κ1) is 14.5. The Hall–Kier alpha value is -0.910. The van der Waals surface area contributed by atoms with Crippen LogP contribution in [0.1, 0.15) is 17.5 Å². The Morgan fingerprint density at radius 2 is 1.89 bits per heavy atom. The molecule has 1 unspecified atom stereocenters. The normalized spacial score (nSPS) is 21.9. The number of rotatable bonds is 5. The number of nitrogens with zero attached hydrogens (tertiary/aromatic N) is 1. The molecule has 1 aliphatic heterocycles. The monoisotopic (exact) mass is 282 g/mol. The molecule has 1 aromatic rings. The van der Waals surface area contributed by atoms with Gasteiger partial charge in [0.05, 0.1) is 11.5 Å². The number of nitrogens with two attached hydrogens (primary N) is 1. The Morgan fingerprint density at radius 1 is 1.26 bits per heavy atom. The van der Waals surface area contributed by atoms with E-state index in [0.29, 0.717) is 18.1 Å². The van der Waals surface area contributed by atoms with Gasteiger partial charge in [0, 0.05) is 12.6 Å². The Balaban J connectivity index is 1.93. The van der Waals surface area contributed by atoms with Gasteiger partial charge >= 0.3 is 0 Å². The van der Waals surface area contributed by atoms with Gasteiger partial charge in [-0.2, -0.15) is 0 Å². The quantitative estimate of drug-likeness (QED) is 0.868. The highest BCUT2D eigenvalue weighted by atomic mass is 32.2. The minimum atomic E-state index is -2.80. The summed E-state index contributed by atoms with van der Waals surface area (Å²) in [5.41, 5.74) is 7.99. The SMILES string of the molecule is CN(Cc1ccc(CCN)cc1)C1CCS(=O)(=O)C1. The molecular formula is C14H22N2O2S. The lowest BCUT2D eigenvalue weighted by molar-refractivity contribution is 0.254. The van der Waals surface area contributed by atoms with Gasteiger partial charge in [-0.15, -0.1) is 0 Å². The first-order valence-corrected chi connectivity index (χ1v) is 8.51. The maximum Gasteiger partial charge on any atom is 0.151 e. The summed E-state index contributed by atoms with van der Waals surface area (Å²) in [5.74, 6) is 0.631. The third-order valence-corrected chi connectivity index (χ3v) is 5.47. The molecule has 2 N–H and O–H groups in total.